The molecule has 0 saturated heterocycles. The van der Waals surface area contributed by atoms with Crippen molar-refractivity contribution in [2.24, 2.45) is 7.05 Å². The summed E-state index contributed by atoms with van der Waals surface area (Å²) in [5.41, 5.74) is 1.12. The van der Waals surface area contributed by atoms with Crippen molar-refractivity contribution in [1.29, 1.82) is 0 Å². The Kier molecular flexibility index (Phi) is 2.84. The molecule has 0 radical (unpaired) electrons. The maximum Gasteiger partial charge on any atom is 0.322 e. The van der Waals surface area contributed by atoms with Gasteiger partial charge in [0.1, 0.15) is 0 Å². The van der Waals surface area contributed by atoms with Gasteiger partial charge in [-0.25, -0.2) is 0 Å². The number of carbonyl (C=O) groups is 1. The van der Waals surface area contributed by atoms with Crippen LogP contribution in [-0.2, 0) is 7.05 Å². The molecule has 0 unspecified atom stereocenters. The zero-order chi connectivity index (χ0) is 13.2. The molecule has 0 fully saturated rings. The van der Waals surface area contributed by atoms with Crippen molar-refractivity contribution in [3.63, 3.8) is 0 Å². The fourth-order valence-electron chi connectivity index (χ4n) is 1.47. The highest BCUT2D eigenvalue weighted by atomic mass is 32.1. The average Bonchev–Trinajstić information content (AvgIpc) is 3.07. The van der Waals surface area contributed by atoms with Crippen LogP contribution in [0.3, 0.4) is 0 Å². The predicted molar refractivity (Wildman–Crippen MR) is 68.8 cm³/mol. The Hall–Kier alpha value is -2.48. The van der Waals surface area contributed by atoms with Crippen molar-refractivity contribution in [2.45, 2.75) is 0 Å². The molecule has 0 bridgehead atoms. The van der Waals surface area contributed by atoms with E-state index in [-0.39, 0.29) is 17.6 Å². The molecule has 0 aliphatic carbocycles. The Morgan fingerprint density at radius 1 is 1.42 bits per heavy atom. The van der Waals surface area contributed by atoms with Crippen molar-refractivity contribution in [1.82, 2.24) is 20.0 Å². The van der Waals surface area contributed by atoms with E-state index in [0.29, 0.717) is 5.89 Å². The molecule has 0 atom stereocenters. The highest BCUT2D eigenvalue weighted by molar-refractivity contribution is 7.08. The third-order valence-electron chi connectivity index (χ3n) is 2.36. The van der Waals surface area contributed by atoms with E-state index < -0.39 is 0 Å². The molecule has 3 aromatic heterocycles. The molecule has 3 rings (SSSR count). The number of thiophene rings is 1. The molecule has 19 heavy (non-hydrogen) atoms. The molecule has 8 heteroatoms. The molecule has 3 aromatic rings. The number of amides is 1. The lowest BCUT2D eigenvalue weighted by Crippen LogP contribution is -2.13. The van der Waals surface area contributed by atoms with Gasteiger partial charge in [-0.15, -0.1) is 5.10 Å². The van der Waals surface area contributed by atoms with E-state index in [9.17, 15) is 4.79 Å². The van der Waals surface area contributed by atoms with E-state index >= 15 is 0 Å². The van der Waals surface area contributed by atoms with Crippen LogP contribution in [0.4, 0.5) is 6.01 Å². The van der Waals surface area contributed by atoms with E-state index in [4.69, 9.17) is 4.42 Å². The van der Waals surface area contributed by atoms with Crippen molar-refractivity contribution in [3.05, 3.63) is 34.8 Å². The second-order valence-electron chi connectivity index (χ2n) is 3.75. The summed E-state index contributed by atoms with van der Waals surface area (Å²) in [6.07, 6.45) is 1.68. The summed E-state index contributed by atoms with van der Waals surface area (Å²) < 4.78 is 6.89. The predicted octanol–water partition coefficient (Wildman–Crippen LogP) is 1.78. The fraction of sp³-hybridized carbons (Fsp3) is 0.0909. The zero-order valence-electron chi connectivity index (χ0n) is 9.90. The van der Waals surface area contributed by atoms with Crippen LogP contribution in [0.2, 0.25) is 0 Å². The monoisotopic (exact) mass is 275 g/mol. The Bertz CT molecular complexity index is 700. The lowest BCUT2D eigenvalue weighted by molar-refractivity contribution is 0.101. The van der Waals surface area contributed by atoms with Crippen LogP contribution < -0.4 is 5.32 Å². The first kappa shape index (κ1) is 11.6. The van der Waals surface area contributed by atoms with Crippen LogP contribution in [0.25, 0.3) is 11.5 Å². The van der Waals surface area contributed by atoms with Crippen molar-refractivity contribution >= 4 is 23.3 Å². The summed E-state index contributed by atoms with van der Waals surface area (Å²) in [6.45, 7) is 0. The third kappa shape index (κ3) is 2.38. The van der Waals surface area contributed by atoms with Gasteiger partial charge in [-0.2, -0.15) is 16.4 Å². The smallest absolute Gasteiger partial charge is 0.322 e. The van der Waals surface area contributed by atoms with Gasteiger partial charge in [0.05, 0.1) is 0 Å². The molecule has 0 aromatic carbocycles. The second kappa shape index (κ2) is 4.65. The van der Waals surface area contributed by atoms with E-state index in [2.05, 4.69) is 20.6 Å². The van der Waals surface area contributed by atoms with Gasteiger partial charge in [0.25, 0.3) is 11.8 Å². The number of hydrogen-bond donors (Lipinski definition) is 1. The Labute approximate surface area is 111 Å². The summed E-state index contributed by atoms with van der Waals surface area (Å²) in [5.74, 6) is -0.0151. The normalized spacial score (nSPS) is 10.6. The summed E-state index contributed by atoms with van der Waals surface area (Å²) in [6, 6.07) is 3.52. The quantitative estimate of drug-likeness (QED) is 0.787. The summed E-state index contributed by atoms with van der Waals surface area (Å²) in [7, 11) is 1.73. The Morgan fingerprint density at radius 3 is 3.00 bits per heavy atom. The van der Waals surface area contributed by atoms with Crippen molar-refractivity contribution in [2.75, 3.05) is 5.32 Å². The highest BCUT2D eigenvalue weighted by Crippen LogP contribution is 2.22. The SMILES string of the molecule is Cn1ccc(C(=O)Nc2nnc(-c3ccsc3)o2)n1. The highest BCUT2D eigenvalue weighted by Gasteiger charge is 2.14. The summed E-state index contributed by atoms with van der Waals surface area (Å²) in [4.78, 5) is 11.8. The average molecular weight is 275 g/mol. The first-order valence-corrected chi connectivity index (χ1v) is 6.34. The minimum Gasteiger partial charge on any atom is -0.403 e. The molecule has 0 spiro atoms. The summed E-state index contributed by atoms with van der Waals surface area (Å²) >= 11 is 1.53. The minimum absolute atomic E-state index is 0.0526. The number of carbonyl (C=O) groups excluding carboxylic acids is 1. The van der Waals surface area contributed by atoms with Crippen molar-refractivity contribution < 1.29 is 9.21 Å². The van der Waals surface area contributed by atoms with Gasteiger partial charge in [0.2, 0.25) is 0 Å². The Morgan fingerprint density at radius 2 is 2.32 bits per heavy atom. The fourth-order valence-corrected chi connectivity index (χ4v) is 2.10. The number of nitrogens with one attached hydrogen (secondary N) is 1. The van der Waals surface area contributed by atoms with Gasteiger partial charge in [-0.05, 0) is 17.5 Å². The number of nitrogens with zero attached hydrogens (tertiary/aromatic N) is 4. The Balaban J connectivity index is 1.76. The lowest BCUT2D eigenvalue weighted by atomic mass is 10.3. The molecule has 0 aliphatic heterocycles. The van der Waals surface area contributed by atoms with E-state index in [1.54, 1.807) is 24.0 Å². The van der Waals surface area contributed by atoms with Crippen LogP contribution in [0.15, 0.2) is 33.5 Å². The number of anilines is 1. The van der Waals surface area contributed by atoms with Gasteiger partial charge in [-0.3, -0.25) is 14.8 Å². The molecule has 7 nitrogen and oxygen atoms in total. The molecular weight excluding hydrogens is 266 g/mol. The maximum atomic E-state index is 11.8. The van der Waals surface area contributed by atoms with Crippen LogP contribution in [-0.4, -0.2) is 25.9 Å². The number of rotatable bonds is 3. The van der Waals surface area contributed by atoms with Gasteiger partial charge < -0.3 is 4.42 Å². The number of aryl methyl sites for hydroxylation is 1. The first-order chi connectivity index (χ1) is 9.22. The van der Waals surface area contributed by atoms with Gasteiger partial charge >= 0.3 is 6.01 Å². The van der Waals surface area contributed by atoms with E-state index in [1.165, 1.54) is 11.3 Å². The number of hydrogen-bond acceptors (Lipinski definition) is 6. The lowest BCUT2D eigenvalue weighted by Gasteiger charge is -1.95. The minimum atomic E-state index is -0.388. The third-order valence-corrected chi connectivity index (χ3v) is 3.04. The standard InChI is InChI=1S/C11H9N5O2S/c1-16-4-2-8(15-16)9(17)12-11-14-13-10(18-11)7-3-5-19-6-7/h2-6H,1H3,(H,12,14,17). The molecule has 3 heterocycles. The molecule has 0 saturated carbocycles. The van der Waals surface area contributed by atoms with E-state index in [0.717, 1.165) is 5.56 Å². The number of aromatic nitrogens is 4. The van der Waals surface area contributed by atoms with Gasteiger partial charge in [0.15, 0.2) is 5.69 Å². The van der Waals surface area contributed by atoms with Crippen LogP contribution >= 0.6 is 11.3 Å². The van der Waals surface area contributed by atoms with Crippen molar-refractivity contribution in [3.8, 4) is 11.5 Å². The van der Waals surface area contributed by atoms with Crippen LogP contribution in [0.5, 0.6) is 0 Å². The van der Waals surface area contributed by atoms with Crippen LogP contribution in [0, 0.1) is 0 Å². The largest absolute Gasteiger partial charge is 0.403 e. The molecule has 1 N–H and O–H groups in total. The molecule has 96 valence electrons. The molecule has 0 aliphatic rings. The van der Waals surface area contributed by atoms with Crippen LogP contribution in [0.1, 0.15) is 10.5 Å². The van der Waals surface area contributed by atoms with Gasteiger partial charge in [0, 0.05) is 24.2 Å². The topological polar surface area (TPSA) is 85.8 Å². The molecular formula is C11H9N5O2S. The maximum absolute atomic E-state index is 11.8. The molecule has 1 amide bonds. The summed E-state index contributed by atoms with van der Waals surface area (Å²) in [5, 5.41) is 17.9. The van der Waals surface area contributed by atoms with Gasteiger partial charge in [-0.1, -0.05) is 5.10 Å². The van der Waals surface area contributed by atoms with E-state index in [1.807, 2.05) is 16.8 Å². The first-order valence-electron chi connectivity index (χ1n) is 5.39. The second-order valence-corrected chi connectivity index (χ2v) is 4.53. The zero-order valence-corrected chi connectivity index (χ0v) is 10.7.